The molecule has 0 unspecified atom stereocenters. The number of anilines is 1. The maximum absolute atomic E-state index is 14.5. The van der Waals surface area contributed by atoms with E-state index in [2.05, 4.69) is 20.5 Å². The second-order valence-corrected chi connectivity index (χ2v) is 10.5. The number of nitrogen functional groups attached to an aromatic ring is 1. The first kappa shape index (κ1) is 29.2. The minimum atomic E-state index is -1.19. The molecule has 0 saturated carbocycles. The lowest BCUT2D eigenvalue weighted by Gasteiger charge is -2.22. The van der Waals surface area contributed by atoms with Crippen molar-refractivity contribution in [2.45, 2.75) is 52.6 Å². The number of nitrogens with one attached hydrogen (secondary N) is 1. The van der Waals surface area contributed by atoms with Crippen molar-refractivity contribution < 1.29 is 22.8 Å². The summed E-state index contributed by atoms with van der Waals surface area (Å²) in [6.45, 7) is 7.76. The summed E-state index contributed by atoms with van der Waals surface area (Å²) in [6.07, 6.45) is 0. The number of carbonyl (C=O) groups is 2. The number of hydrogen-bond donors (Lipinski definition) is 2. The number of nitrogens with two attached hydrogens (primary N) is 1. The maximum Gasteiger partial charge on any atom is 0.286 e. The van der Waals surface area contributed by atoms with Crippen LogP contribution in [0.4, 0.5) is 14.5 Å². The molecule has 0 fully saturated rings. The van der Waals surface area contributed by atoms with Gasteiger partial charge in [0.15, 0.2) is 0 Å². The van der Waals surface area contributed by atoms with Gasteiger partial charge in [0.2, 0.25) is 17.6 Å². The van der Waals surface area contributed by atoms with E-state index in [0.717, 1.165) is 16.7 Å². The van der Waals surface area contributed by atoms with Crippen molar-refractivity contribution in [1.82, 2.24) is 25.1 Å². The predicted octanol–water partition coefficient (Wildman–Crippen LogP) is 3.81. The average Bonchev–Trinajstić information content (AvgIpc) is 3.43. The molecule has 4 rings (SSSR count). The molecule has 0 aliphatic rings. The molecule has 3 N–H and O–H groups in total. The van der Waals surface area contributed by atoms with Gasteiger partial charge in [-0.25, -0.2) is 13.8 Å². The summed E-state index contributed by atoms with van der Waals surface area (Å²) in [6, 6.07) is 10.9. The van der Waals surface area contributed by atoms with Crippen LogP contribution in [0.5, 0.6) is 0 Å². The van der Waals surface area contributed by atoms with Gasteiger partial charge >= 0.3 is 0 Å². The molecule has 0 spiro atoms. The van der Waals surface area contributed by atoms with E-state index in [1.807, 2.05) is 6.07 Å². The lowest BCUT2D eigenvalue weighted by atomic mass is 9.84. The number of carbonyl (C=O) groups excluding carboxylic acids is 2. The molecule has 0 aliphatic heterocycles. The maximum atomic E-state index is 14.5. The van der Waals surface area contributed by atoms with Crippen molar-refractivity contribution in [3.8, 4) is 11.4 Å². The van der Waals surface area contributed by atoms with Gasteiger partial charge in [-0.05, 0) is 32.8 Å². The molecule has 214 valence electrons. The molecule has 2 aromatic carbocycles. The van der Waals surface area contributed by atoms with E-state index in [9.17, 15) is 23.2 Å². The largest absolute Gasteiger partial charge is 0.417 e. The summed E-state index contributed by atoms with van der Waals surface area (Å²) in [4.78, 5) is 44.0. The van der Waals surface area contributed by atoms with Crippen molar-refractivity contribution >= 4 is 17.4 Å². The molecule has 0 aliphatic carbocycles. The van der Waals surface area contributed by atoms with Gasteiger partial charge < -0.3 is 15.5 Å². The summed E-state index contributed by atoms with van der Waals surface area (Å²) < 4.78 is 34.7. The van der Waals surface area contributed by atoms with Crippen LogP contribution in [0.25, 0.3) is 11.4 Å². The van der Waals surface area contributed by atoms with E-state index in [1.165, 1.54) is 6.07 Å². The molecule has 41 heavy (non-hydrogen) atoms. The molecule has 1 atom stereocenters. The third kappa shape index (κ3) is 5.91. The molecule has 12 heteroatoms. The van der Waals surface area contributed by atoms with Crippen molar-refractivity contribution in [1.29, 1.82) is 0 Å². The smallest absolute Gasteiger partial charge is 0.286 e. The molecule has 10 nitrogen and oxygen atoms in total. The number of aryl methyl sites for hydroxylation is 1. The van der Waals surface area contributed by atoms with Crippen LogP contribution in [0.2, 0.25) is 0 Å². The SMILES string of the molecule is Cc1nc(-c2ccccc2)n(CC(=O)N[C@@H](C(=O)c2nnc(C(C)(C)c3ccc(F)cc3F)o2)C(C)C)c(=O)c1N. The van der Waals surface area contributed by atoms with E-state index in [0.29, 0.717) is 11.3 Å². The van der Waals surface area contributed by atoms with E-state index in [4.69, 9.17) is 10.2 Å². The first-order valence-electron chi connectivity index (χ1n) is 12.9. The summed E-state index contributed by atoms with van der Waals surface area (Å²) in [5, 5.41) is 10.4. The van der Waals surface area contributed by atoms with Crippen LogP contribution in [0.1, 0.15) is 55.5 Å². The van der Waals surface area contributed by atoms with E-state index < -0.39 is 58.7 Å². The Hall–Kier alpha value is -4.74. The lowest BCUT2D eigenvalue weighted by molar-refractivity contribution is -0.122. The molecule has 0 bridgehead atoms. The van der Waals surface area contributed by atoms with E-state index >= 15 is 0 Å². The zero-order valence-corrected chi connectivity index (χ0v) is 23.2. The molecule has 2 heterocycles. The Kier molecular flexibility index (Phi) is 8.13. The van der Waals surface area contributed by atoms with Crippen molar-refractivity contribution in [2.75, 3.05) is 5.73 Å². The number of nitrogens with zero attached hydrogens (tertiary/aromatic N) is 4. The zero-order valence-electron chi connectivity index (χ0n) is 23.2. The summed E-state index contributed by atoms with van der Waals surface area (Å²) in [5.41, 5.74) is 5.09. The number of hydrogen-bond acceptors (Lipinski definition) is 8. The fourth-order valence-electron chi connectivity index (χ4n) is 4.35. The fourth-order valence-corrected chi connectivity index (χ4v) is 4.35. The second kappa shape index (κ2) is 11.4. The average molecular weight is 565 g/mol. The van der Waals surface area contributed by atoms with E-state index in [-0.39, 0.29) is 23.0 Å². The quantitative estimate of drug-likeness (QED) is 0.292. The highest BCUT2D eigenvalue weighted by molar-refractivity contribution is 5.98. The van der Waals surface area contributed by atoms with Crippen LogP contribution in [0, 0.1) is 24.5 Å². The van der Waals surface area contributed by atoms with Gasteiger partial charge in [-0.2, -0.15) is 0 Å². The van der Waals surface area contributed by atoms with E-state index in [1.54, 1.807) is 58.9 Å². The highest BCUT2D eigenvalue weighted by atomic mass is 19.1. The molecular formula is C29H30F2N6O4. The molecule has 0 saturated heterocycles. The second-order valence-electron chi connectivity index (χ2n) is 10.5. The van der Waals surface area contributed by atoms with Crippen LogP contribution in [-0.4, -0.2) is 37.5 Å². The number of aromatic nitrogens is 4. The Morgan fingerprint density at radius 1 is 1.10 bits per heavy atom. The molecular weight excluding hydrogens is 534 g/mol. The van der Waals surface area contributed by atoms with Crippen molar-refractivity contribution in [3.05, 3.63) is 93.6 Å². The predicted molar refractivity (Wildman–Crippen MR) is 147 cm³/mol. The van der Waals surface area contributed by atoms with Crippen LogP contribution >= 0.6 is 0 Å². The van der Waals surface area contributed by atoms with Gasteiger partial charge in [-0.1, -0.05) is 50.2 Å². The highest BCUT2D eigenvalue weighted by Gasteiger charge is 2.35. The summed E-state index contributed by atoms with van der Waals surface area (Å²) in [5.74, 6) is -3.46. The van der Waals surface area contributed by atoms with Crippen LogP contribution in [0.15, 0.2) is 57.7 Å². The molecule has 4 aromatic rings. The Morgan fingerprint density at radius 3 is 2.41 bits per heavy atom. The molecule has 2 aromatic heterocycles. The van der Waals surface area contributed by atoms with Gasteiger partial charge in [0.1, 0.15) is 29.7 Å². The van der Waals surface area contributed by atoms with Crippen LogP contribution < -0.4 is 16.6 Å². The summed E-state index contributed by atoms with van der Waals surface area (Å²) in [7, 11) is 0. The number of ketones is 1. The Balaban J connectivity index is 1.59. The number of halogens is 2. The number of Topliss-reactive ketones (excluding diaryl/α,β-unsaturated/α-hetero) is 1. The number of rotatable bonds is 9. The minimum absolute atomic E-state index is 0.0690. The topological polar surface area (TPSA) is 146 Å². The van der Waals surface area contributed by atoms with Gasteiger partial charge in [0.25, 0.3) is 11.4 Å². The van der Waals surface area contributed by atoms with Crippen LogP contribution in [-0.2, 0) is 16.8 Å². The Labute approximate surface area is 234 Å². The molecule has 1 amide bonds. The number of amides is 1. The van der Waals surface area contributed by atoms with Crippen LogP contribution in [0.3, 0.4) is 0 Å². The monoisotopic (exact) mass is 564 g/mol. The fraction of sp³-hybridized carbons (Fsp3) is 0.310. The summed E-state index contributed by atoms with van der Waals surface area (Å²) >= 11 is 0. The van der Waals surface area contributed by atoms with Gasteiger partial charge in [0, 0.05) is 17.2 Å². The third-order valence-corrected chi connectivity index (χ3v) is 6.77. The molecule has 0 radical (unpaired) electrons. The van der Waals surface area contributed by atoms with Crippen molar-refractivity contribution in [2.24, 2.45) is 5.92 Å². The Bertz CT molecular complexity index is 1660. The lowest BCUT2D eigenvalue weighted by Crippen LogP contribution is -2.46. The minimum Gasteiger partial charge on any atom is -0.417 e. The Morgan fingerprint density at radius 2 is 1.78 bits per heavy atom. The number of benzene rings is 2. The third-order valence-electron chi connectivity index (χ3n) is 6.77. The first-order chi connectivity index (χ1) is 19.3. The highest BCUT2D eigenvalue weighted by Crippen LogP contribution is 2.33. The normalized spacial score (nSPS) is 12.4. The zero-order chi connectivity index (χ0) is 30.1. The first-order valence-corrected chi connectivity index (χ1v) is 12.9. The van der Waals surface area contributed by atoms with Crippen molar-refractivity contribution in [3.63, 3.8) is 0 Å². The van der Waals surface area contributed by atoms with Gasteiger partial charge in [-0.3, -0.25) is 19.0 Å². The van der Waals surface area contributed by atoms with Gasteiger partial charge in [-0.15, -0.1) is 10.2 Å². The standard InChI is InChI=1S/C29H30F2N6O4/c1-15(2)23(24(39)26-35-36-28(41-26)29(4,5)19-12-11-18(30)13-20(19)31)34-21(38)14-37-25(17-9-7-6-8-10-17)33-16(3)22(32)27(37)40/h6-13,15,23H,14,32H2,1-5H3,(H,34,38)/t23-/m1/s1. The van der Waals surface area contributed by atoms with Gasteiger partial charge in [0.05, 0.1) is 17.2 Å².